The van der Waals surface area contributed by atoms with Gasteiger partial charge in [0.25, 0.3) is 0 Å². The molecule has 2 N–H and O–H groups in total. The summed E-state index contributed by atoms with van der Waals surface area (Å²) in [7, 11) is 0. The molecular weight excluding hydrogens is 200 g/mol. The Morgan fingerprint density at radius 1 is 1.38 bits per heavy atom. The molecule has 0 saturated carbocycles. The Bertz CT molecular complexity index is 461. The Balaban J connectivity index is 2.32. The van der Waals surface area contributed by atoms with E-state index < -0.39 is 0 Å². The maximum absolute atomic E-state index is 5.71. The second-order valence-electron chi connectivity index (χ2n) is 3.94. The van der Waals surface area contributed by atoms with Crippen molar-refractivity contribution in [2.24, 2.45) is 5.73 Å². The van der Waals surface area contributed by atoms with Gasteiger partial charge in [-0.3, -0.25) is 0 Å². The molecule has 4 nitrogen and oxygen atoms in total. The highest BCUT2D eigenvalue weighted by Gasteiger charge is 2.09. The molecule has 0 amide bonds. The summed E-state index contributed by atoms with van der Waals surface area (Å²) >= 11 is 0. The smallest absolute Gasteiger partial charge is 0.160 e. The fourth-order valence-corrected chi connectivity index (χ4v) is 1.92. The van der Waals surface area contributed by atoms with E-state index in [2.05, 4.69) is 21.5 Å². The van der Waals surface area contributed by atoms with Crippen LogP contribution in [0.3, 0.4) is 0 Å². The summed E-state index contributed by atoms with van der Waals surface area (Å²) in [4.78, 5) is 8.86. The molecule has 86 valence electrons. The van der Waals surface area contributed by atoms with Gasteiger partial charge in [-0.15, -0.1) is 0 Å². The third kappa shape index (κ3) is 2.07. The summed E-state index contributed by atoms with van der Waals surface area (Å²) in [5, 5.41) is 0. The highest BCUT2D eigenvalue weighted by molar-refractivity contribution is 5.71. The fraction of sp³-hybridized carbons (Fsp3) is 0.500. The molecule has 0 aromatic carbocycles. The average Bonchev–Trinajstić information content (AvgIpc) is 2.68. The van der Waals surface area contributed by atoms with Crippen molar-refractivity contribution in [3.8, 4) is 0 Å². The van der Waals surface area contributed by atoms with Crippen LogP contribution in [0.4, 0.5) is 0 Å². The molecule has 0 aliphatic heterocycles. The molecule has 0 aliphatic rings. The highest BCUT2D eigenvalue weighted by Crippen LogP contribution is 2.14. The van der Waals surface area contributed by atoms with E-state index in [4.69, 9.17) is 5.73 Å². The molecule has 4 heteroatoms. The summed E-state index contributed by atoms with van der Waals surface area (Å²) < 4.78 is 2.14. The van der Waals surface area contributed by atoms with E-state index in [1.807, 2.05) is 12.1 Å². The maximum atomic E-state index is 5.71. The Morgan fingerprint density at radius 3 is 3.00 bits per heavy atom. The molecule has 0 atom stereocenters. The lowest BCUT2D eigenvalue weighted by Gasteiger charge is -2.06. The Kier molecular flexibility index (Phi) is 3.51. The van der Waals surface area contributed by atoms with E-state index in [1.54, 1.807) is 6.20 Å². The number of nitrogens with zero attached hydrogens (tertiary/aromatic N) is 3. The second kappa shape index (κ2) is 5.07. The Labute approximate surface area is 95.5 Å². The van der Waals surface area contributed by atoms with Crippen molar-refractivity contribution < 1.29 is 0 Å². The van der Waals surface area contributed by atoms with Gasteiger partial charge in [0.05, 0.1) is 6.54 Å². The molecule has 2 heterocycles. The first-order chi connectivity index (χ1) is 7.86. The number of rotatable bonds is 5. The predicted octanol–water partition coefficient (Wildman–Crippen LogP) is 2.08. The van der Waals surface area contributed by atoms with Gasteiger partial charge in [-0.25, -0.2) is 9.97 Å². The number of aromatic nitrogens is 3. The lowest BCUT2D eigenvalue weighted by atomic mass is 10.2. The molecule has 16 heavy (non-hydrogen) atoms. The lowest BCUT2D eigenvalue weighted by molar-refractivity contribution is 0.589. The van der Waals surface area contributed by atoms with Gasteiger partial charge < -0.3 is 10.3 Å². The van der Waals surface area contributed by atoms with E-state index >= 15 is 0 Å². The van der Waals surface area contributed by atoms with E-state index in [9.17, 15) is 0 Å². The third-order valence-electron chi connectivity index (χ3n) is 2.75. The van der Waals surface area contributed by atoms with Crippen LogP contribution >= 0.6 is 0 Å². The molecule has 2 aromatic rings. The summed E-state index contributed by atoms with van der Waals surface area (Å²) in [6.07, 6.45) is 5.42. The Morgan fingerprint density at radius 2 is 2.25 bits per heavy atom. The van der Waals surface area contributed by atoms with Crippen LogP contribution in [0.15, 0.2) is 18.3 Å². The van der Waals surface area contributed by atoms with Crippen LogP contribution in [0, 0.1) is 0 Å². The molecule has 0 fully saturated rings. The summed E-state index contributed by atoms with van der Waals surface area (Å²) in [6, 6.07) is 3.89. The van der Waals surface area contributed by atoms with Crippen molar-refractivity contribution in [2.45, 2.75) is 39.3 Å². The van der Waals surface area contributed by atoms with Crippen LogP contribution in [0.2, 0.25) is 0 Å². The van der Waals surface area contributed by atoms with Crippen LogP contribution in [0.5, 0.6) is 0 Å². The number of imidazole rings is 1. The number of aryl methyl sites for hydroxylation is 1. The summed E-state index contributed by atoms with van der Waals surface area (Å²) in [5.74, 6) is 0.935. The third-order valence-corrected chi connectivity index (χ3v) is 2.75. The molecule has 2 rings (SSSR count). The van der Waals surface area contributed by atoms with Gasteiger partial charge in [-0.2, -0.15) is 0 Å². The zero-order valence-corrected chi connectivity index (χ0v) is 9.69. The minimum absolute atomic E-state index is 0.475. The van der Waals surface area contributed by atoms with Gasteiger partial charge in [0, 0.05) is 12.7 Å². The van der Waals surface area contributed by atoms with Gasteiger partial charge in [-0.05, 0) is 18.6 Å². The van der Waals surface area contributed by atoms with Crippen molar-refractivity contribution >= 4 is 11.2 Å². The van der Waals surface area contributed by atoms with Gasteiger partial charge in [0.15, 0.2) is 5.65 Å². The first kappa shape index (κ1) is 11.1. The SMILES string of the molecule is CCCCCn1c(CN)nc2cccnc21. The number of pyridine rings is 1. The van der Waals surface area contributed by atoms with Crippen molar-refractivity contribution in [1.82, 2.24) is 14.5 Å². The first-order valence-electron chi connectivity index (χ1n) is 5.87. The minimum Gasteiger partial charge on any atom is -0.324 e. The molecule has 0 unspecified atom stereocenters. The molecule has 0 spiro atoms. The monoisotopic (exact) mass is 218 g/mol. The maximum Gasteiger partial charge on any atom is 0.160 e. The molecule has 0 saturated heterocycles. The largest absolute Gasteiger partial charge is 0.324 e. The average molecular weight is 218 g/mol. The van der Waals surface area contributed by atoms with Crippen molar-refractivity contribution in [2.75, 3.05) is 0 Å². The number of hydrogen-bond acceptors (Lipinski definition) is 3. The van der Waals surface area contributed by atoms with Crippen molar-refractivity contribution in [3.63, 3.8) is 0 Å². The quantitative estimate of drug-likeness (QED) is 0.782. The summed E-state index contributed by atoms with van der Waals surface area (Å²) in [6.45, 7) is 3.64. The zero-order chi connectivity index (χ0) is 11.4. The van der Waals surface area contributed by atoms with Crippen molar-refractivity contribution in [3.05, 3.63) is 24.2 Å². The molecule has 0 bridgehead atoms. The topological polar surface area (TPSA) is 56.7 Å². The number of fused-ring (bicyclic) bond motifs is 1. The number of nitrogens with two attached hydrogens (primary N) is 1. The van der Waals surface area contributed by atoms with E-state index in [-0.39, 0.29) is 0 Å². The summed E-state index contributed by atoms with van der Waals surface area (Å²) in [5.41, 5.74) is 7.61. The van der Waals surface area contributed by atoms with E-state index in [0.717, 1.165) is 30.0 Å². The first-order valence-corrected chi connectivity index (χ1v) is 5.87. The number of unbranched alkanes of at least 4 members (excludes halogenated alkanes) is 2. The van der Waals surface area contributed by atoms with Gasteiger partial charge >= 0.3 is 0 Å². The number of hydrogen-bond donors (Lipinski definition) is 1. The second-order valence-corrected chi connectivity index (χ2v) is 3.94. The Hall–Kier alpha value is -1.42. The molecule has 0 radical (unpaired) electrons. The zero-order valence-electron chi connectivity index (χ0n) is 9.69. The molecule has 2 aromatic heterocycles. The van der Waals surface area contributed by atoms with Crippen LogP contribution in [0.1, 0.15) is 32.0 Å². The fourth-order valence-electron chi connectivity index (χ4n) is 1.92. The van der Waals surface area contributed by atoms with Crippen LogP contribution in [0.25, 0.3) is 11.2 Å². The van der Waals surface area contributed by atoms with Gasteiger partial charge in [-0.1, -0.05) is 19.8 Å². The predicted molar refractivity (Wildman–Crippen MR) is 64.9 cm³/mol. The standard InChI is InChI=1S/C12H18N4/c1-2-3-4-8-16-11(9-13)15-10-6-5-7-14-12(10)16/h5-7H,2-4,8-9,13H2,1H3. The normalized spacial score (nSPS) is 11.1. The van der Waals surface area contributed by atoms with Gasteiger partial charge in [0.1, 0.15) is 11.3 Å². The molecule has 0 aliphatic carbocycles. The van der Waals surface area contributed by atoms with Crippen LogP contribution in [-0.2, 0) is 13.1 Å². The van der Waals surface area contributed by atoms with Gasteiger partial charge in [0.2, 0.25) is 0 Å². The van der Waals surface area contributed by atoms with E-state index in [1.165, 1.54) is 12.8 Å². The minimum atomic E-state index is 0.475. The molecular formula is C12H18N4. The van der Waals surface area contributed by atoms with Crippen LogP contribution < -0.4 is 5.73 Å². The highest BCUT2D eigenvalue weighted by atomic mass is 15.1. The van der Waals surface area contributed by atoms with Crippen LogP contribution in [-0.4, -0.2) is 14.5 Å². The van der Waals surface area contributed by atoms with E-state index in [0.29, 0.717) is 6.54 Å². The van der Waals surface area contributed by atoms with Crippen molar-refractivity contribution in [1.29, 1.82) is 0 Å². The lowest BCUT2D eigenvalue weighted by Crippen LogP contribution is -2.09.